The van der Waals surface area contributed by atoms with E-state index in [2.05, 4.69) is 4.98 Å². The van der Waals surface area contributed by atoms with Gasteiger partial charge in [-0.05, 0) is 17.7 Å². The highest BCUT2D eigenvalue weighted by atomic mass is 32.1. The molecule has 0 aliphatic heterocycles. The molecule has 2 aromatic heterocycles. The summed E-state index contributed by atoms with van der Waals surface area (Å²) >= 11 is 1.53. The van der Waals surface area contributed by atoms with Crippen LogP contribution in [0.4, 0.5) is 0 Å². The van der Waals surface area contributed by atoms with Crippen molar-refractivity contribution in [2.75, 3.05) is 0 Å². The number of fused-ring (bicyclic) bond motifs is 3. The Morgan fingerprint density at radius 2 is 1.70 bits per heavy atom. The van der Waals surface area contributed by atoms with Crippen molar-refractivity contribution in [1.29, 1.82) is 0 Å². The Morgan fingerprint density at radius 1 is 0.950 bits per heavy atom. The van der Waals surface area contributed by atoms with E-state index in [0.717, 1.165) is 26.4 Å². The maximum absolute atomic E-state index is 12.4. The van der Waals surface area contributed by atoms with Crippen LogP contribution in [0.2, 0.25) is 0 Å². The molecule has 96 valence electrons. The highest BCUT2D eigenvalue weighted by molar-refractivity contribution is 7.20. The summed E-state index contributed by atoms with van der Waals surface area (Å²) in [6.07, 6.45) is 0. The van der Waals surface area contributed by atoms with Crippen molar-refractivity contribution in [2.45, 2.75) is 0 Å². The molecule has 0 saturated carbocycles. The van der Waals surface area contributed by atoms with Gasteiger partial charge in [-0.2, -0.15) is 0 Å². The predicted molar refractivity (Wildman–Crippen MR) is 82.3 cm³/mol. The summed E-state index contributed by atoms with van der Waals surface area (Å²) in [4.78, 5) is 18.6. The maximum atomic E-state index is 12.4. The first-order chi connectivity index (χ1) is 9.83. The van der Waals surface area contributed by atoms with Crippen LogP contribution in [0.5, 0.6) is 0 Å². The molecular formula is C16H10N2OS. The fourth-order valence-corrected chi connectivity index (χ4v) is 3.37. The summed E-state index contributed by atoms with van der Waals surface area (Å²) < 4.78 is 1.67. The van der Waals surface area contributed by atoms with Crippen LogP contribution in [0, 0.1) is 0 Å². The lowest BCUT2D eigenvalue weighted by atomic mass is 10.2. The van der Waals surface area contributed by atoms with Gasteiger partial charge in [-0.1, -0.05) is 53.8 Å². The molecule has 0 aliphatic rings. The van der Waals surface area contributed by atoms with Gasteiger partial charge < -0.3 is 0 Å². The van der Waals surface area contributed by atoms with Crippen molar-refractivity contribution in [3.8, 4) is 10.4 Å². The molecule has 0 N–H and O–H groups in total. The Morgan fingerprint density at radius 3 is 2.55 bits per heavy atom. The summed E-state index contributed by atoms with van der Waals surface area (Å²) in [6.45, 7) is 0. The molecule has 0 atom stereocenters. The average Bonchev–Trinajstić information content (AvgIpc) is 2.87. The van der Waals surface area contributed by atoms with E-state index < -0.39 is 0 Å². The molecular weight excluding hydrogens is 268 g/mol. The summed E-state index contributed by atoms with van der Waals surface area (Å²) in [5.74, 6) is 0. The van der Waals surface area contributed by atoms with E-state index >= 15 is 0 Å². The second-order valence-corrected chi connectivity index (χ2v) is 5.54. The Balaban J connectivity index is 2.09. The molecule has 0 radical (unpaired) electrons. The number of imidazole rings is 1. The Labute approximate surface area is 118 Å². The molecule has 0 fully saturated rings. The third-order valence-electron chi connectivity index (χ3n) is 3.26. The van der Waals surface area contributed by atoms with E-state index in [1.165, 1.54) is 11.3 Å². The molecule has 4 aromatic rings. The van der Waals surface area contributed by atoms with Gasteiger partial charge in [-0.3, -0.25) is 9.20 Å². The molecule has 0 spiro atoms. The average molecular weight is 278 g/mol. The monoisotopic (exact) mass is 278 g/mol. The first-order valence-electron chi connectivity index (χ1n) is 6.30. The predicted octanol–water partition coefficient (Wildman–Crippen LogP) is 3.58. The van der Waals surface area contributed by atoms with E-state index in [-0.39, 0.29) is 5.56 Å². The molecule has 2 heterocycles. The number of nitrogens with zero attached hydrogens (tertiary/aromatic N) is 2. The summed E-state index contributed by atoms with van der Waals surface area (Å²) in [5.41, 5.74) is 2.73. The quantitative estimate of drug-likeness (QED) is 0.533. The van der Waals surface area contributed by atoms with E-state index in [1.807, 2.05) is 54.6 Å². The zero-order chi connectivity index (χ0) is 13.5. The lowest BCUT2D eigenvalue weighted by Gasteiger charge is -2.00. The minimum absolute atomic E-state index is 0.0358. The molecule has 0 aliphatic carbocycles. The second-order valence-electron chi connectivity index (χ2n) is 4.53. The van der Waals surface area contributed by atoms with Gasteiger partial charge in [-0.25, -0.2) is 4.98 Å². The van der Waals surface area contributed by atoms with E-state index in [4.69, 9.17) is 0 Å². The van der Waals surface area contributed by atoms with E-state index in [9.17, 15) is 4.79 Å². The van der Waals surface area contributed by atoms with Crippen LogP contribution in [0.1, 0.15) is 0 Å². The fourth-order valence-electron chi connectivity index (χ4n) is 2.33. The minimum Gasteiger partial charge on any atom is -0.269 e. The van der Waals surface area contributed by atoms with Crippen LogP contribution in [0.3, 0.4) is 0 Å². The van der Waals surface area contributed by atoms with Crippen LogP contribution >= 0.6 is 11.3 Å². The zero-order valence-electron chi connectivity index (χ0n) is 10.5. The summed E-state index contributed by atoms with van der Waals surface area (Å²) in [6, 6.07) is 19.3. The maximum Gasteiger partial charge on any atom is 0.258 e. The third kappa shape index (κ3) is 1.66. The smallest absolute Gasteiger partial charge is 0.258 e. The number of hydrogen-bond donors (Lipinski definition) is 0. The second kappa shape index (κ2) is 4.28. The number of aromatic nitrogens is 2. The molecule has 0 unspecified atom stereocenters. The first kappa shape index (κ1) is 11.4. The highest BCUT2D eigenvalue weighted by Crippen LogP contribution is 2.26. The Bertz CT molecular complexity index is 970. The van der Waals surface area contributed by atoms with Crippen molar-refractivity contribution < 1.29 is 0 Å². The van der Waals surface area contributed by atoms with Crippen LogP contribution in [0.25, 0.3) is 26.4 Å². The number of benzene rings is 2. The van der Waals surface area contributed by atoms with Gasteiger partial charge >= 0.3 is 0 Å². The van der Waals surface area contributed by atoms with Crippen molar-refractivity contribution in [1.82, 2.24) is 9.38 Å². The number of hydrogen-bond acceptors (Lipinski definition) is 3. The van der Waals surface area contributed by atoms with E-state index in [0.29, 0.717) is 0 Å². The van der Waals surface area contributed by atoms with E-state index in [1.54, 1.807) is 10.5 Å². The number of para-hydroxylation sites is 2. The van der Waals surface area contributed by atoms with Gasteiger partial charge in [0.15, 0.2) is 4.96 Å². The molecule has 20 heavy (non-hydrogen) atoms. The Kier molecular flexibility index (Phi) is 2.44. The summed E-state index contributed by atoms with van der Waals surface area (Å²) in [5, 5.41) is 0. The lowest BCUT2D eigenvalue weighted by Crippen LogP contribution is -2.09. The van der Waals surface area contributed by atoms with Gasteiger partial charge in [0.25, 0.3) is 5.56 Å². The Hall–Kier alpha value is -2.46. The third-order valence-corrected chi connectivity index (χ3v) is 4.29. The minimum atomic E-state index is -0.0358. The standard InChI is InChI=1S/C16H10N2OS/c19-15-10-14(11-6-2-1-3-7-11)20-16-17-12-8-4-5-9-13(12)18(15)16/h1-10H. The summed E-state index contributed by atoms with van der Waals surface area (Å²) in [7, 11) is 0. The van der Waals surface area contributed by atoms with Gasteiger partial charge in [-0.15, -0.1) is 0 Å². The lowest BCUT2D eigenvalue weighted by molar-refractivity contribution is 1.18. The van der Waals surface area contributed by atoms with Crippen LogP contribution in [-0.2, 0) is 0 Å². The van der Waals surface area contributed by atoms with Gasteiger partial charge in [0.1, 0.15) is 0 Å². The number of rotatable bonds is 1. The van der Waals surface area contributed by atoms with Crippen LogP contribution in [-0.4, -0.2) is 9.38 Å². The molecule has 3 nitrogen and oxygen atoms in total. The largest absolute Gasteiger partial charge is 0.269 e. The van der Waals surface area contributed by atoms with Crippen LogP contribution < -0.4 is 5.56 Å². The van der Waals surface area contributed by atoms with Crippen molar-refractivity contribution in [3.05, 3.63) is 71.0 Å². The molecule has 2 aromatic carbocycles. The van der Waals surface area contributed by atoms with Crippen molar-refractivity contribution in [2.24, 2.45) is 0 Å². The van der Waals surface area contributed by atoms with Crippen molar-refractivity contribution in [3.63, 3.8) is 0 Å². The highest BCUT2D eigenvalue weighted by Gasteiger charge is 2.09. The molecule has 0 saturated heterocycles. The van der Waals surface area contributed by atoms with Gasteiger partial charge in [0, 0.05) is 10.9 Å². The van der Waals surface area contributed by atoms with Gasteiger partial charge in [0.05, 0.1) is 11.0 Å². The van der Waals surface area contributed by atoms with Crippen LogP contribution in [0.15, 0.2) is 65.5 Å². The van der Waals surface area contributed by atoms with Crippen molar-refractivity contribution >= 4 is 27.3 Å². The molecule has 0 amide bonds. The topological polar surface area (TPSA) is 34.4 Å². The SMILES string of the molecule is O=c1cc(-c2ccccc2)sc2nc3ccccc3n12. The normalized spacial score (nSPS) is 11.2. The first-order valence-corrected chi connectivity index (χ1v) is 7.11. The fraction of sp³-hybridized carbons (Fsp3) is 0. The molecule has 0 bridgehead atoms. The molecule has 4 rings (SSSR count). The molecule has 4 heteroatoms. The van der Waals surface area contributed by atoms with Gasteiger partial charge in [0.2, 0.25) is 0 Å². The zero-order valence-corrected chi connectivity index (χ0v) is 11.3.